The predicted octanol–water partition coefficient (Wildman–Crippen LogP) is 1.23. The molecule has 17 heavy (non-hydrogen) atoms. The van der Waals surface area contributed by atoms with Crippen molar-refractivity contribution >= 4 is 12.0 Å². The molecule has 2 atom stereocenters. The Morgan fingerprint density at radius 2 is 2.18 bits per heavy atom. The van der Waals surface area contributed by atoms with Gasteiger partial charge in [-0.2, -0.15) is 0 Å². The molecule has 0 aromatic carbocycles. The van der Waals surface area contributed by atoms with Crippen LogP contribution in [0.2, 0.25) is 0 Å². The zero-order valence-corrected chi connectivity index (χ0v) is 10.1. The number of carbonyl (C=O) groups is 2. The highest BCUT2D eigenvalue weighted by atomic mass is 16.4. The molecular weight excluding hydrogens is 220 g/mol. The van der Waals surface area contributed by atoms with E-state index >= 15 is 0 Å². The zero-order chi connectivity index (χ0) is 13.0. The van der Waals surface area contributed by atoms with E-state index in [0.717, 1.165) is 5.57 Å². The van der Waals surface area contributed by atoms with Crippen LogP contribution in [0.3, 0.4) is 0 Å². The third-order valence-electron chi connectivity index (χ3n) is 2.56. The van der Waals surface area contributed by atoms with Gasteiger partial charge in [-0.25, -0.2) is 4.79 Å². The van der Waals surface area contributed by atoms with Crippen molar-refractivity contribution in [1.29, 1.82) is 0 Å². The number of hydrogen-bond acceptors (Lipinski definition) is 2. The van der Waals surface area contributed by atoms with Gasteiger partial charge in [0, 0.05) is 13.6 Å². The standard InChI is InChI=1S/C12H18N2O3/c1-8(2)7-14(3)12(17)13-10-5-4-9(6-10)11(15)16/h4-5,9-10H,1,6-7H2,2-3H3,(H,13,17)(H,15,16). The van der Waals surface area contributed by atoms with Crippen molar-refractivity contribution in [3.8, 4) is 0 Å². The second-order valence-corrected chi connectivity index (χ2v) is 4.43. The van der Waals surface area contributed by atoms with E-state index in [1.165, 1.54) is 4.90 Å². The summed E-state index contributed by atoms with van der Waals surface area (Å²) in [6, 6.07) is -0.412. The van der Waals surface area contributed by atoms with Gasteiger partial charge in [-0.15, -0.1) is 0 Å². The van der Waals surface area contributed by atoms with E-state index in [9.17, 15) is 9.59 Å². The quantitative estimate of drug-likeness (QED) is 0.724. The van der Waals surface area contributed by atoms with Crippen LogP contribution < -0.4 is 5.32 Å². The molecule has 0 heterocycles. The Labute approximate surface area is 101 Å². The Kier molecular flexibility index (Phi) is 4.31. The average molecular weight is 238 g/mol. The summed E-state index contributed by atoms with van der Waals surface area (Å²) >= 11 is 0. The molecule has 0 fully saturated rings. The molecule has 2 N–H and O–H groups in total. The van der Waals surface area contributed by atoms with E-state index in [1.54, 1.807) is 19.2 Å². The minimum atomic E-state index is -0.853. The fourth-order valence-electron chi connectivity index (χ4n) is 1.73. The number of carboxylic acid groups (broad SMARTS) is 1. The van der Waals surface area contributed by atoms with Crippen LogP contribution in [0.4, 0.5) is 4.79 Å². The number of aliphatic carboxylic acids is 1. The molecule has 1 aliphatic rings. The second kappa shape index (κ2) is 5.52. The average Bonchev–Trinajstić information content (AvgIpc) is 2.65. The molecule has 1 rings (SSSR count). The Morgan fingerprint density at radius 1 is 1.53 bits per heavy atom. The summed E-state index contributed by atoms with van der Waals surface area (Å²) in [4.78, 5) is 23.9. The van der Waals surface area contributed by atoms with Gasteiger partial charge in [0.15, 0.2) is 0 Å². The normalized spacial score (nSPS) is 22.2. The molecule has 94 valence electrons. The number of urea groups is 1. The molecule has 0 aliphatic heterocycles. The summed E-state index contributed by atoms with van der Waals surface area (Å²) in [5, 5.41) is 11.6. The van der Waals surface area contributed by atoms with Crippen LogP contribution in [0.1, 0.15) is 13.3 Å². The highest BCUT2D eigenvalue weighted by Gasteiger charge is 2.25. The van der Waals surface area contributed by atoms with Gasteiger partial charge in [-0.3, -0.25) is 4.79 Å². The Balaban J connectivity index is 2.41. The van der Waals surface area contributed by atoms with Gasteiger partial charge in [0.05, 0.1) is 12.0 Å². The van der Waals surface area contributed by atoms with E-state index in [2.05, 4.69) is 11.9 Å². The SMILES string of the molecule is C=C(C)CN(C)C(=O)NC1C=CC(C(=O)O)C1. The fourth-order valence-corrected chi connectivity index (χ4v) is 1.73. The molecule has 5 nitrogen and oxygen atoms in total. The monoisotopic (exact) mass is 238 g/mol. The molecule has 2 amide bonds. The van der Waals surface area contributed by atoms with Crippen LogP contribution in [0.5, 0.6) is 0 Å². The summed E-state index contributed by atoms with van der Waals surface area (Å²) in [5.74, 6) is -1.35. The van der Waals surface area contributed by atoms with Crippen molar-refractivity contribution in [2.24, 2.45) is 5.92 Å². The summed E-state index contributed by atoms with van der Waals surface area (Å²) in [7, 11) is 1.68. The molecule has 5 heteroatoms. The van der Waals surface area contributed by atoms with Gasteiger partial charge in [0.2, 0.25) is 0 Å². The lowest BCUT2D eigenvalue weighted by Crippen LogP contribution is -2.42. The predicted molar refractivity (Wildman–Crippen MR) is 64.6 cm³/mol. The van der Waals surface area contributed by atoms with E-state index < -0.39 is 11.9 Å². The third kappa shape index (κ3) is 3.94. The summed E-state index contributed by atoms with van der Waals surface area (Å²) in [5.41, 5.74) is 0.896. The minimum Gasteiger partial charge on any atom is -0.481 e. The summed E-state index contributed by atoms with van der Waals surface area (Å²) < 4.78 is 0. The first-order chi connectivity index (χ1) is 7.90. The van der Waals surface area contributed by atoms with Gasteiger partial charge in [-0.05, 0) is 13.3 Å². The summed E-state index contributed by atoms with van der Waals surface area (Å²) in [6.07, 6.45) is 3.76. The van der Waals surface area contributed by atoms with E-state index in [1.807, 2.05) is 6.92 Å². The molecular formula is C12H18N2O3. The highest BCUT2D eigenvalue weighted by Crippen LogP contribution is 2.18. The zero-order valence-electron chi connectivity index (χ0n) is 10.1. The van der Waals surface area contributed by atoms with Crippen LogP contribution in [0, 0.1) is 5.92 Å². The maximum atomic E-state index is 11.7. The van der Waals surface area contributed by atoms with Gasteiger partial charge in [0.25, 0.3) is 0 Å². The lowest BCUT2D eigenvalue weighted by atomic mass is 10.1. The number of hydrogen-bond donors (Lipinski definition) is 2. The van der Waals surface area contributed by atoms with Gasteiger partial charge >= 0.3 is 12.0 Å². The maximum Gasteiger partial charge on any atom is 0.317 e. The second-order valence-electron chi connectivity index (χ2n) is 4.43. The van der Waals surface area contributed by atoms with Crippen LogP contribution >= 0.6 is 0 Å². The smallest absolute Gasteiger partial charge is 0.317 e. The van der Waals surface area contributed by atoms with Gasteiger partial charge in [0.1, 0.15) is 0 Å². The molecule has 0 saturated carbocycles. The first-order valence-corrected chi connectivity index (χ1v) is 5.47. The molecule has 0 bridgehead atoms. The number of likely N-dealkylation sites (N-methyl/N-ethyl adjacent to an activating group) is 1. The first-order valence-electron chi connectivity index (χ1n) is 5.47. The van der Waals surface area contributed by atoms with Gasteiger partial charge in [-0.1, -0.05) is 24.3 Å². The van der Waals surface area contributed by atoms with Crippen LogP contribution in [-0.4, -0.2) is 41.6 Å². The maximum absolute atomic E-state index is 11.7. The van der Waals surface area contributed by atoms with Crippen molar-refractivity contribution in [2.75, 3.05) is 13.6 Å². The van der Waals surface area contributed by atoms with Crippen molar-refractivity contribution in [2.45, 2.75) is 19.4 Å². The largest absolute Gasteiger partial charge is 0.481 e. The van der Waals surface area contributed by atoms with Crippen LogP contribution in [0.25, 0.3) is 0 Å². The van der Waals surface area contributed by atoms with Crippen LogP contribution in [-0.2, 0) is 4.79 Å². The lowest BCUT2D eigenvalue weighted by molar-refractivity contribution is -0.140. The van der Waals surface area contributed by atoms with Crippen LogP contribution in [0.15, 0.2) is 24.3 Å². The Bertz CT molecular complexity index is 363. The number of rotatable bonds is 4. The Morgan fingerprint density at radius 3 is 2.65 bits per heavy atom. The molecule has 2 unspecified atom stereocenters. The lowest BCUT2D eigenvalue weighted by Gasteiger charge is -2.20. The number of nitrogens with one attached hydrogen (secondary N) is 1. The molecule has 0 aromatic heterocycles. The minimum absolute atomic E-state index is 0.198. The molecule has 0 radical (unpaired) electrons. The first kappa shape index (κ1) is 13.3. The van der Waals surface area contributed by atoms with E-state index in [-0.39, 0.29) is 12.1 Å². The number of nitrogens with zero attached hydrogens (tertiary/aromatic N) is 1. The molecule has 0 saturated heterocycles. The van der Waals surface area contributed by atoms with Crippen molar-refractivity contribution in [3.05, 3.63) is 24.3 Å². The van der Waals surface area contributed by atoms with Crippen molar-refractivity contribution in [1.82, 2.24) is 10.2 Å². The molecule has 0 aromatic rings. The topological polar surface area (TPSA) is 69.6 Å². The Hall–Kier alpha value is -1.78. The van der Waals surface area contributed by atoms with E-state index in [0.29, 0.717) is 13.0 Å². The summed E-state index contributed by atoms with van der Waals surface area (Å²) in [6.45, 7) is 6.07. The number of carbonyl (C=O) groups excluding carboxylic acids is 1. The molecule has 0 spiro atoms. The third-order valence-corrected chi connectivity index (χ3v) is 2.56. The number of amides is 2. The highest BCUT2D eigenvalue weighted by molar-refractivity contribution is 5.76. The number of carboxylic acids is 1. The fraction of sp³-hybridized carbons (Fsp3) is 0.500. The van der Waals surface area contributed by atoms with Crippen molar-refractivity contribution in [3.63, 3.8) is 0 Å². The van der Waals surface area contributed by atoms with Crippen molar-refractivity contribution < 1.29 is 14.7 Å². The molecule has 1 aliphatic carbocycles. The van der Waals surface area contributed by atoms with E-state index in [4.69, 9.17) is 5.11 Å². The van der Waals surface area contributed by atoms with Gasteiger partial charge < -0.3 is 15.3 Å².